The van der Waals surface area contributed by atoms with Crippen LogP contribution in [0.4, 0.5) is 0 Å². The summed E-state index contributed by atoms with van der Waals surface area (Å²) in [5.41, 5.74) is 0. The van der Waals surface area contributed by atoms with Crippen LogP contribution >= 0.6 is 0 Å². The van der Waals surface area contributed by atoms with Crippen molar-refractivity contribution >= 4 is 11.9 Å². The molecule has 0 spiro atoms. The minimum Gasteiger partial charge on any atom is -0.466 e. The molecule has 1 atom stereocenters. The number of ether oxygens (including phenoxy) is 2. The van der Waals surface area contributed by atoms with Crippen LogP contribution in [0.2, 0.25) is 0 Å². The zero-order valence-electron chi connectivity index (χ0n) is 19.1. The smallest absolute Gasteiger partial charge is 0.309 e. The maximum absolute atomic E-state index is 12.2. The molecule has 0 radical (unpaired) electrons. The molecule has 0 rings (SSSR count). The third-order valence-electron chi connectivity index (χ3n) is 5.26. The summed E-state index contributed by atoms with van der Waals surface area (Å²) in [6.45, 7) is 9.57. The van der Waals surface area contributed by atoms with Crippen molar-refractivity contribution < 1.29 is 19.1 Å². The van der Waals surface area contributed by atoms with Crippen molar-refractivity contribution in [2.45, 2.75) is 118 Å². The lowest BCUT2D eigenvalue weighted by Crippen LogP contribution is -2.23. The Kier molecular flexibility index (Phi) is 18.5. The molecule has 0 amide bonds. The van der Waals surface area contributed by atoms with Crippen molar-refractivity contribution in [3.8, 4) is 0 Å². The third kappa shape index (κ3) is 15.9. The second kappa shape index (κ2) is 19.3. The zero-order chi connectivity index (χ0) is 21.0. The van der Waals surface area contributed by atoms with Gasteiger partial charge in [0.15, 0.2) is 0 Å². The van der Waals surface area contributed by atoms with E-state index in [1.54, 1.807) is 0 Å². The molecule has 0 fully saturated rings. The molecular weight excluding hydrogens is 352 g/mol. The van der Waals surface area contributed by atoms with E-state index < -0.39 is 0 Å². The summed E-state index contributed by atoms with van der Waals surface area (Å²) < 4.78 is 10.6. The summed E-state index contributed by atoms with van der Waals surface area (Å²) in [5.74, 6) is 0.356. The topological polar surface area (TPSA) is 52.6 Å². The lowest BCUT2D eigenvalue weighted by molar-refractivity contribution is -0.150. The Morgan fingerprint density at radius 1 is 0.679 bits per heavy atom. The Morgan fingerprint density at radius 3 is 1.71 bits per heavy atom. The molecule has 28 heavy (non-hydrogen) atoms. The normalized spacial score (nSPS) is 12.2. The van der Waals surface area contributed by atoms with Gasteiger partial charge in [-0.1, -0.05) is 85.5 Å². The second-order valence-corrected chi connectivity index (χ2v) is 8.31. The van der Waals surface area contributed by atoms with Crippen molar-refractivity contribution in [1.29, 1.82) is 0 Å². The van der Waals surface area contributed by atoms with Crippen LogP contribution in [0, 0.1) is 11.8 Å². The number of rotatable bonds is 19. The molecule has 0 aliphatic carbocycles. The molecule has 0 saturated heterocycles. The molecule has 0 aliphatic heterocycles. The van der Waals surface area contributed by atoms with Gasteiger partial charge in [0.2, 0.25) is 0 Å². The Bertz CT molecular complexity index is 379. The molecule has 166 valence electrons. The fourth-order valence-corrected chi connectivity index (χ4v) is 3.24. The zero-order valence-corrected chi connectivity index (χ0v) is 19.1. The van der Waals surface area contributed by atoms with E-state index in [-0.39, 0.29) is 17.9 Å². The van der Waals surface area contributed by atoms with Gasteiger partial charge < -0.3 is 9.47 Å². The summed E-state index contributed by atoms with van der Waals surface area (Å²) in [6.07, 6.45) is 14.8. The average molecular weight is 399 g/mol. The van der Waals surface area contributed by atoms with E-state index >= 15 is 0 Å². The largest absolute Gasteiger partial charge is 0.466 e. The number of hydrogen-bond acceptors (Lipinski definition) is 4. The van der Waals surface area contributed by atoms with E-state index in [0.717, 1.165) is 51.4 Å². The monoisotopic (exact) mass is 398 g/mol. The lowest BCUT2D eigenvalue weighted by Gasteiger charge is -2.19. The van der Waals surface area contributed by atoms with Crippen molar-refractivity contribution in [2.24, 2.45) is 11.8 Å². The predicted octanol–water partition coefficient (Wildman–Crippen LogP) is 6.85. The predicted molar refractivity (Wildman–Crippen MR) is 116 cm³/mol. The van der Waals surface area contributed by atoms with Gasteiger partial charge in [-0.3, -0.25) is 9.59 Å². The second-order valence-electron chi connectivity index (χ2n) is 8.31. The number of hydrogen-bond donors (Lipinski definition) is 0. The van der Waals surface area contributed by atoms with E-state index in [1.807, 2.05) is 0 Å². The van der Waals surface area contributed by atoms with Crippen LogP contribution < -0.4 is 0 Å². The summed E-state index contributed by atoms with van der Waals surface area (Å²) >= 11 is 0. The first-order valence-corrected chi connectivity index (χ1v) is 11.8. The van der Waals surface area contributed by atoms with Crippen LogP contribution in [0.1, 0.15) is 118 Å². The Hall–Kier alpha value is -1.06. The molecule has 0 bridgehead atoms. The highest BCUT2D eigenvalue weighted by Gasteiger charge is 2.22. The minimum atomic E-state index is -0.0404. The first-order chi connectivity index (χ1) is 13.5. The van der Waals surface area contributed by atoms with Gasteiger partial charge in [-0.15, -0.1) is 0 Å². The van der Waals surface area contributed by atoms with E-state index in [2.05, 4.69) is 27.7 Å². The standard InChI is InChI=1S/C24H46O4/c1-5-7-19-27-23(25)18-16-14-12-10-9-11-13-15-17-22(21(3)4)24(26)28-20-8-6-2/h21-22H,5-20H2,1-4H3. The van der Waals surface area contributed by atoms with Gasteiger partial charge in [0.1, 0.15) is 0 Å². The Morgan fingerprint density at radius 2 is 1.18 bits per heavy atom. The van der Waals surface area contributed by atoms with Crippen molar-refractivity contribution in [1.82, 2.24) is 0 Å². The van der Waals surface area contributed by atoms with E-state index in [9.17, 15) is 9.59 Å². The van der Waals surface area contributed by atoms with E-state index in [1.165, 1.54) is 32.1 Å². The van der Waals surface area contributed by atoms with Gasteiger partial charge in [0.25, 0.3) is 0 Å². The number of carbonyl (C=O) groups is 2. The molecule has 4 heteroatoms. The molecular formula is C24H46O4. The molecule has 0 aliphatic rings. The molecule has 0 aromatic rings. The van der Waals surface area contributed by atoms with Gasteiger partial charge in [-0.05, 0) is 31.6 Å². The fraction of sp³-hybridized carbons (Fsp3) is 0.917. The first-order valence-electron chi connectivity index (χ1n) is 11.8. The fourth-order valence-electron chi connectivity index (χ4n) is 3.24. The quantitative estimate of drug-likeness (QED) is 0.176. The van der Waals surface area contributed by atoms with E-state index in [4.69, 9.17) is 9.47 Å². The molecule has 0 heterocycles. The average Bonchev–Trinajstić information content (AvgIpc) is 2.66. The number of esters is 2. The third-order valence-corrected chi connectivity index (χ3v) is 5.26. The molecule has 0 N–H and O–H groups in total. The number of unbranched alkanes of at least 4 members (excludes halogenated alkanes) is 9. The molecule has 0 aromatic heterocycles. The minimum absolute atomic E-state index is 0.00308. The van der Waals surface area contributed by atoms with Gasteiger partial charge >= 0.3 is 11.9 Å². The summed E-state index contributed by atoms with van der Waals surface area (Å²) in [5, 5.41) is 0. The van der Waals surface area contributed by atoms with Gasteiger partial charge in [0, 0.05) is 6.42 Å². The first kappa shape index (κ1) is 26.9. The molecule has 0 saturated carbocycles. The van der Waals surface area contributed by atoms with Crippen LogP contribution in [0.3, 0.4) is 0 Å². The van der Waals surface area contributed by atoms with Crippen molar-refractivity contribution in [3.63, 3.8) is 0 Å². The highest BCUT2D eigenvalue weighted by Crippen LogP contribution is 2.21. The highest BCUT2D eigenvalue weighted by atomic mass is 16.5. The van der Waals surface area contributed by atoms with Crippen molar-refractivity contribution in [3.05, 3.63) is 0 Å². The van der Waals surface area contributed by atoms with Crippen LogP contribution in [0.5, 0.6) is 0 Å². The van der Waals surface area contributed by atoms with Crippen LogP contribution in [-0.2, 0) is 19.1 Å². The summed E-state index contributed by atoms with van der Waals surface area (Å²) in [6, 6.07) is 0. The summed E-state index contributed by atoms with van der Waals surface area (Å²) in [7, 11) is 0. The maximum atomic E-state index is 12.2. The van der Waals surface area contributed by atoms with Crippen LogP contribution in [0.25, 0.3) is 0 Å². The maximum Gasteiger partial charge on any atom is 0.309 e. The van der Waals surface area contributed by atoms with Crippen LogP contribution in [-0.4, -0.2) is 25.2 Å². The lowest BCUT2D eigenvalue weighted by atomic mass is 9.90. The summed E-state index contributed by atoms with van der Waals surface area (Å²) in [4.78, 5) is 23.7. The Labute approximate surface area is 174 Å². The SMILES string of the molecule is CCCCOC(=O)CCCCCCCCCCC(C(=O)OCCCC)C(C)C. The highest BCUT2D eigenvalue weighted by molar-refractivity contribution is 5.72. The van der Waals surface area contributed by atoms with Crippen LogP contribution in [0.15, 0.2) is 0 Å². The van der Waals surface area contributed by atoms with Gasteiger partial charge in [-0.25, -0.2) is 0 Å². The van der Waals surface area contributed by atoms with Crippen molar-refractivity contribution in [2.75, 3.05) is 13.2 Å². The number of carbonyl (C=O) groups excluding carboxylic acids is 2. The van der Waals surface area contributed by atoms with E-state index in [0.29, 0.717) is 25.6 Å². The van der Waals surface area contributed by atoms with Gasteiger partial charge in [0.05, 0.1) is 19.1 Å². The van der Waals surface area contributed by atoms with Gasteiger partial charge in [-0.2, -0.15) is 0 Å². The Balaban J connectivity index is 3.58. The molecule has 1 unspecified atom stereocenters. The molecule has 4 nitrogen and oxygen atoms in total. The molecule has 0 aromatic carbocycles.